The molecule has 1 saturated heterocycles. The lowest BCUT2D eigenvalue weighted by molar-refractivity contribution is -0.119. The number of hydrogen-bond donors (Lipinski definition) is 0. The summed E-state index contributed by atoms with van der Waals surface area (Å²) >= 11 is 0. The van der Waals surface area contributed by atoms with Gasteiger partial charge in [-0.25, -0.2) is 14.4 Å². The van der Waals surface area contributed by atoms with E-state index in [0.29, 0.717) is 18.2 Å². The number of carbonyl (C=O) groups is 1. The molecule has 1 aliphatic heterocycles. The summed E-state index contributed by atoms with van der Waals surface area (Å²) in [5.41, 5.74) is 3.75. The average Bonchev–Trinajstić information content (AvgIpc) is 3.19. The fourth-order valence-corrected chi connectivity index (χ4v) is 5.10. The van der Waals surface area contributed by atoms with Crippen LogP contribution >= 0.6 is 0 Å². The Hall–Kier alpha value is -4.00. The molecule has 2 aromatic heterocycles. The van der Waals surface area contributed by atoms with E-state index in [2.05, 4.69) is 9.88 Å². The van der Waals surface area contributed by atoms with Crippen LogP contribution in [0.5, 0.6) is 5.75 Å². The number of ketones is 1. The maximum absolute atomic E-state index is 13.6. The Balaban J connectivity index is 1.29. The van der Waals surface area contributed by atoms with Crippen molar-refractivity contribution in [1.82, 2.24) is 14.5 Å². The Morgan fingerprint density at radius 1 is 1.05 bits per heavy atom. The zero-order chi connectivity index (χ0) is 26.5. The van der Waals surface area contributed by atoms with Gasteiger partial charge in [-0.05, 0) is 62.4 Å². The van der Waals surface area contributed by atoms with Crippen LogP contribution in [-0.2, 0) is 11.2 Å². The molecule has 6 nitrogen and oxygen atoms in total. The minimum Gasteiger partial charge on any atom is -0.497 e. The smallest absolute Gasteiger partial charge is 0.140 e. The number of imidazole rings is 1. The summed E-state index contributed by atoms with van der Waals surface area (Å²) in [6.45, 7) is 3.82. The lowest BCUT2D eigenvalue weighted by atomic mass is 9.93. The molecule has 4 aromatic rings. The molecule has 1 atom stereocenters. The highest BCUT2D eigenvalue weighted by molar-refractivity contribution is 5.81. The Bertz CT molecular complexity index is 1380. The zero-order valence-electron chi connectivity index (χ0n) is 21.9. The minimum atomic E-state index is -0.295. The third kappa shape index (κ3) is 6.10. The third-order valence-corrected chi connectivity index (χ3v) is 7.23. The maximum atomic E-state index is 13.6. The highest BCUT2D eigenvalue weighted by Crippen LogP contribution is 2.27. The van der Waals surface area contributed by atoms with E-state index in [1.54, 1.807) is 25.4 Å². The molecule has 5 rings (SSSR count). The van der Waals surface area contributed by atoms with Crippen molar-refractivity contribution in [1.29, 1.82) is 0 Å². The van der Waals surface area contributed by atoms with Crippen molar-refractivity contribution in [2.75, 3.05) is 25.1 Å². The lowest BCUT2D eigenvalue weighted by Gasteiger charge is -2.22. The van der Waals surface area contributed by atoms with Crippen molar-refractivity contribution in [3.8, 4) is 22.7 Å². The number of benzene rings is 2. The molecule has 3 heterocycles. The Labute approximate surface area is 223 Å². The van der Waals surface area contributed by atoms with Crippen LogP contribution in [0.25, 0.3) is 16.9 Å². The molecule has 0 aliphatic carbocycles. The number of pyridine rings is 1. The van der Waals surface area contributed by atoms with E-state index in [1.165, 1.54) is 17.7 Å². The molecule has 1 fully saturated rings. The van der Waals surface area contributed by atoms with Crippen molar-refractivity contribution in [2.24, 2.45) is 5.92 Å². The van der Waals surface area contributed by atoms with Gasteiger partial charge in [0.15, 0.2) is 0 Å². The number of rotatable bonds is 8. The molecular formula is C31H33FN4O2. The van der Waals surface area contributed by atoms with E-state index in [4.69, 9.17) is 9.72 Å². The van der Waals surface area contributed by atoms with Crippen molar-refractivity contribution in [3.63, 3.8) is 0 Å². The molecule has 0 radical (unpaired) electrons. The summed E-state index contributed by atoms with van der Waals surface area (Å²) in [6.07, 6.45) is 7.42. The second-order valence-electron chi connectivity index (χ2n) is 10.0. The summed E-state index contributed by atoms with van der Waals surface area (Å²) in [4.78, 5) is 24.9. The molecule has 7 heteroatoms. The number of halogens is 1. The van der Waals surface area contributed by atoms with E-state index < -0.39 is 0 Å². The van der Waals surface area contributed by atoms with E-state index in [-0.39, 0.29) is 18.0 Å². The maximum Gasteiger partial charge on any atom is 0.140 e. The van der Waals surface area contributed by atoms with E-state index in [1.807, 2.05) is 54.1 Å². The Kier molecular flexibility index (Phi) is 7.82. The van der Waals surface area contributed by atoms with Gasteiger partial charge < -0.3 is 14.2 Å². The highest BCUT2D eigenvalue weighted by atomic mass is 19.1. The Morgan fingerprint density at radius 2 is 1.84 bits per heavy atom. The predicted molar refractivity (Wildman–Crippen MR) is 147 cm³/mol. The van der Waals surface area contributed by atoms with Gasteiger partial charge in [0.25, 0.3) is 0 Å². The first-order valence-electron chi connectivity index (χ1n) is 13.2. The van der Waals surface area contributed by atoms with Gasteiger partial charge in [-0.15, -0.1) is 0 Å². The molecule has 38 heavy (non-hydrogen) atoms. The van der Waals surface area contributed by atoms with E-state index in [0.717, 1.165) is 60.9 Å². The van der Waals surface area contributed by atoms with Crippen LogP contribution in [0.3, 0.4) is 0 Å². The van der Waals surface area contributed by atoms with Crippen LogP contribution in [0, 0.1) is 18.7 Å². The van der Waals surface area contributed by atoms with Crippen LogP contribution < -0.4 is 9.64 Å². The van der Waals surface area contributed by atoms with Crippen LogP contribution in [0.4, 0.5) is 10.2 Å². The molecule has 0 bridgehead atoms. The first-order valence-corrected chi connectivity index (χ1v) is 13.2. The van der Waals surface area contributed by atoms with Crippen LogP contribution in [0.1, 0.15) is 37.1 Å². The number of carbonyl (C=O) groups excluding carboxylic acids is 1. The number of Topliss-reactive ketones (excluding diaryl/α,β-unsaturated/α-hetero) is 1. The first kappa shape index (κ1) is 25.6. The summed E-state index contributed by atoms with van der Waals surface area (Å²) in [5.74, 6) is 2.59. The number of anilines is 1. The van der Waals surface area contributed by atoms with Crippen molar-refractivity contribution in [2.45, 2.75) is 39.0 Å². The van der Waals surface area contributed by atoms with Crippen LogP contribution in [0.2, 0.25) is 0 Å². The molecule has 0 spiro atoms. The van der Waals surface area contributed by atoms with Gasteiger partial charge in [0, 0.05) is 49.2 Å². The molecule has 196 valence electrons. The molecule has 0 N–H and O–H groups in total. The van der Waals surface area contributed by atoms with Gasteiger partial charge >= 0.3 is 0 Å². The number of aromatic nitrogens is 3. The van der Waals surface area contributed by atoms with Gasteiger partial charge in [0.2, 0.25) is 0 Å². The van der Waals surface area contributed by atoms with Crippen molar-refractivity contribution >= 4 is 11.6 Å². The van der Waals surface area contributed by atoms with Gasteiger partial charge in [-0.1, -0.05) is 29.8 Å². The average molecular weight is 513 g/mol. The van der Waals surface area contributed by atoms with Crippen LogP contribution in [0.15, 0.2) is 73.1 Å². The lowest BCUT2D eigenvalue weighted by Crippen LogP contribution is -2.25. The topological polar surface area (TPSA) is 60.2 Å². The fraction of sp³-hybridized carbons (Fsp3) is 0.323. The van der Waals surface area contributed by atoms with E-state index in [9.17, 15) is 9.18 Å². The van der Waals surface area contributed by atoms with E-state index >= 15 is 0 Å². The fourth-order valence-electron chi connectivity index (χ4n) is 5.10. The second kappa shape index (κ2) is 11.6. The van der Waals surface area contributed by atoms with Gasteiger partial charge in [0.05, 0.1) is 19.2 Å². The monoisotopic (exact) mass is 512 g/mol. The molecule has 0 amide bonds. The number of ether oxygens (including phenoxy) is 1. The predicted octanol–water partition coefficient (Wildman–Crippen LogP) is 6.20. The normalized spacial score (nSPS) is 15.8. The highest BCUT2D eigenvalue weighted by Gasteiger charge is 2.22. The number of methoxy groups -OCH3 is 1. The first-order chi connectivity index (χ1) is 18.5. The second-order valence-corrected chi connectivity index (χ2v) is 10.0. The quantitative estimate of drug-likeness (QED) is 0.281. The molecule has 1 unspecified atom stereocenters. The molecule has 1 aliphatic rings. The largest absolute Gasteiger partial charge is 0.497 e. The van der Waals surface area contributed by atoms with Crippen molar-refractivity contribution < 1.29 is 13.9 Å². The van der Waals surface area contributed by atoms with Crippen LogP contribution in [-0.4, -0.2) is 40.5 Å². The minimum absolute atomic E-state index is 0.173. The third-order valence-electron chi connectivity index (χ3n) is 7.23. The zero-order valence-corrected chi connectivity index (χ0v) is 21.9. The molecular weight excluding hydrogens is 479 g/mol. The number of nitrogens with zero attached hydrogens (tertiary/aromatic N) is 4. The standard InChI is InChI=1S/C31H33FN4O2/c1-22-5-7-24(8-6-22)29-21-36(26-11-9-25(32)10-12-26)31(34-29)19-27(37)18-23-4-3-16-35(17-14-23)30-20-28(38-2)13-15-33-30/h5-13,15,20-21,23H,3-4,14,16-19H2,1-2H3. The number of hydrogen-bond acceptors (Lipinski definition) is 5. The van der Waals surface area contributed by atoms with Gasteiger partial charge in [-0.3, -0.25) is 4.79 Å². The summed E-state index contributed by atoms with van der Waals surface area (Å²) in [7, 11) is 1.66. The van der Waals surface area contributed by atoms with Gasteiger partial charge in [0.1, 0.15) is 29.0 Å². The van der Waals surface area contributed by atoms with Crippen molar-refractivity contribution in [3.05, 3.63) is 90.3 Å². The summed E-state index contributed by atoms with van der Waals surface area (Å²) in [5, 5.41) is 0. The summed E-state index contributed by atoms with van der Waals surface area (Å²) < 4.78 is 20.9. The Morgan fingerprint density at radius 3 is 2.61 bits per heavy atom. The van der Waals surface area contributed by atoms with Gasteiger partial charge in [-0.2, -0.15) is 0 Å². The number of aryl methyl sites for hydroxylation is 1. The SMILES string of the molecule is COc1ccnc(N2CCCC(CC(=O)Cc3nc(-c4ccc(C)cc4)cn3-c3ccc(F)cc3)CC2)c1. The summed E-state index contributed by atoms with van der Waals surface area (Å²) in [6, 6.07) is 18.3. The molecule has 0 saturated carbocycles. The molecule has 2 aromatic carbocycles.